The molecule has 636 valence electrons. The molecule has 40 nitrogen and oxygen atoms in total. The first-order valence-electron chi connectivity index (χ1n) is 38.1. The van der Waals surface area contributed by atoms with Crippen LogP contribution in [0.3, 0.4) is 0 Å². The molecule has 0 aliphatic carbocycles. The maximum absolute atomic E-state index is 12.7. The largest absolute Gasteiger partial charge is 0.475 e. The number of hydrogen-bond donors (Lipinski definition) is 4. The minimum Gasteiger partial charge on any atom is -0.475 e. The van der Waals surface area contributed by atoms with Gasteiger partial charge in [-0.1, -0.05) is 0 Å². The highest BCUT2D eigenvalue weighted by molar-refractivity contribution is 6.01. The van der Waals surface area contributed by atoms with Crippen LogP contribution in [0, 0.1) is 33.5 Å². The van der Waals surface area contributed by atoms with Crippen molar-refractivity contribution in [1.82, 2.24) is 98.6 Å². The highest BCUT2D eigenvalue weighted by atomic mass is 19.1. The Hall–Kier alpha value is -13.1. The van der Waals surface area contributed by atoms with E-state index >= 15 is 0 Å². The van der Waals surface area contributed by atoms with Gasteiger partial charge in [-0.3, -0.25) is 9.59 Å². The van der Waals surface area contributed by atoms with E-state index in [0.29, 0.717) is 43.0 Å². The smallest absolute Gasteiger partial charge is 0.410 e. The Morgan fingerprint density at radius 3 is 1.02 bits per heavy atom. The standard InChI is InChI=1S/C23H30N8O3.C18H22N8O.C16H24N4O4.C15H22N4O4.C6H5FN2O2/c1-14-11-31-13-18(27-15(2)20(31)26-14)28-21(32)19-24-9-17(10-25-19)30-8-7-16(12-30)29(6)22(33)34-23(3,4)5;1-11-8-26-10-15(23-12(2)17(26)22-11)24-18(27)16-20-6-14(7-21-16)25-5-4-13(9-25)19-3;1-16(2,3)24-15(22)19(4)11-6-7-20(10-11)12-8-17-13(18-9-12)14(21)23-5;1-15(2,3)23-14(22)18(4)10-5-6-19(9-10)11-7-16-12(13(20)21)17-8-11;1-11-6(10)5-8-2-4(7)3-9-5/h9-11,13,16H,7-8,12H2,1-6H3,(H,28,32);6-8,10,13,19H,4-5,9H2,1-3H3,(H,24,27);8-9,11H,6-7,10H2,1-5H3;7-8,10H,5-6,9H2,1-4H3,(H,20,21);2-3H,1H3/t16-;13-;11-;10-;/m1111./s1. The minimum atomic E-state index is -1.15. The van der Waals surface area contributed by atoms with Gasteiger partial charge in [-0.2, -0.15) is 0 Å². The number of fused-ring (bicyclic) bond motifs is 2. The number of imidazole rings is 2. The van der Waals surface area contributed by atoms with E-state index in [9.17, 15) is 42.7 Å². The first-order valence-corrected chi connectivity index (χ1v) is 38.1. The quantitative estimate of drug-likeness (QED) is 0.0562. The first kappa shape index (κ1) is 89.8. The number of likely N-dealkylation sites (N-methyl/N-ethyl adjacent to an activating group) is 4. The molecule has 0 unspecified atom stereocenters. The molecule has 0 aromatic carbocycles. The average Bonchev–Trinajstić information content (AvgIpc) is 1.62. The predicted molar refractivity (Wildman–Crippen MR) is 434 cm³/mol. The summed E-state index contributed by atoms with van der Waals surface area (Å²) < 4.78 is 41.0. The number of nitrogens with one attached hydrogen (secondary N) is 3. The number of carbonyl (C=O) groups excluding carboxylic acids is 7. The number of esters is 2. The number of rotatable bonds is 15. The number of ether oxygens (including phenoxy) is 5. The van der Waals surface area contributed by atoms with E-state index < -0.39 is 46.4 Å². The molecule has 4 saturated heterocycles. The molecule has 5 amide bonds. The van der Waals surface area contributed by atoms with Crippen molar-refractivity contribution in [3.8, 4) is 0 Å². The number of amides is 5. The number of nitrogens with zero attached hydrogens (tertiary/aromatic N) is 23. The summed E-state index contributed by atoms with van der Waals surface area (Å²) in [6.45, 7) is 30.2. The lowest BCUT2D eigenvalue weighted by molar-refractivity contribution is 0.0227. The molecule has 119 heavy (non-hydrogen) atoms. The van der Waals surface area contributed by atoms with Crippen LogP contribution in [0.5, 0.6) is 0 Å². The lowest BCUT2D eigenvalue weighted by Gasteiger charge is -2.28. The Morgan fingerprint density at radius 2 is 0.723 bits per heavy atom. The summed E-state index contributed by atoms with van der Waals surface area (Å²) in [5.74, 6) is -3.16. The van der Waals surface area contributed by atoms with E-state index in [-0.39, 0.29) is 71.4 Å². The molecular formula is C78H103FN26O14. The van der Waals surface area contributed by atoms with Gasteiger partial charge in [0.15, 0.2) is 17.1 Å². The highest BCUT2D eigenvalue weighted by Crippen LogP contribution is 2.28. The lowest BCUT2D eigenvalue weighted by Crippen LogP contribution is -2.42. The minimum absolute atomic E-state index is 0.0221. The van der Waals surface area contributed by atoms with E-state index in [1.165, 1.54) is 26.6 Å². The average molecular weight is 1650 g/mol. The maximum atomic E-state index is 12.7. The maximum Gasteiger partial charge on any atom is 0.410 e. The summed E-state index contributed by atoms with van der Waals surface area (Å²) in [5, 5.41) is 17.6. The monoisotopic (exact) mass is 1650 g/mol. The molecule has 9 aromatic rings. The van der Waals surface area contributed by atoms with Gasteiger partial charge in [-0.15, -0.1) is 0 Å². The summed E-state index contributed by atoms with van der Waals surface area (Å²) in [6.07, 6.45) is 24.3. The van der Waals surface area contributed by atoms with Crippen LogP contribution < -0.4 is 35.6 Å². The van der Waals surface area contributed by atoms with E-state index in [1.807, 2.05) is 123 Å². The molecule has 13 heterocycles. The zero-order chi connectivity index (χ0) is 87.0. The number of anilines is 6. The molecule has 4 fully saturated rings. The van der Waals surface area contributed by atoms with Crippen LogP contribution in [0.15, 0.2) is 86.8 Å². The van der Waals surface area contributed by atoms with Gasteiger partial charge in [0.1, 0.15) is 28.4 Å². The van der Waals surface area contributed by atoms with Crippen molar-refractivity contribution in [2.75, 3.05) is 125 Å². The first-order chi connectivity index (χ1) is 56.1. The molecule has 4 aliphatic heterocycles. The van der Waals surface area contributed by atoms with Crippen molar-refractivity contribution in [3.05, 3.63) is 144 Å². The Morgan fingerprint density at radius 1 is 0.429 bits per heavy atom. The number of carboxylic acids is 1. The van der Waals surface area contributed by atoms with E-state index in [0.717, 1.165) is 122 Å². The molecule has 4 N–H and O–H groups in total. The number of carbonyl (C=O) groups is 8. The zero-order valence-electron chi connectivity index (χ0n) is 70.3. The second kappa shape index (κ2) is 39.2. The molecule has 0 bridgehead atoms. The van der Waals surface area contributed by atoms with E-state index in [2.05, 4.69) is 110 Å². The van der Waals surface area contributed by atoms with E-state index in [4.69, 9.17) is 19.3 Å². The van der Waals surface area contributed by atoms with Crippen molar-refractivity contribution in [3.63, 3.8) is 0 Å². The molecule has 41 heteroatoms. The molecule has 9 aromatic heterocycles. The number of aromatic nitrogens is 16. The van der Waals surface area contributed by atoms with Crippen molar-refractivity contribution in [2.45, 2.75) is 157 Å². The Bertz CT molecular complexity index is 5020. The number of methoxy groups -OCH3 is 2. The van der Waals surface area contributed by atoms with Crippen LogP contribution in [0.4, 0.5) is 53.2 Å². The van der Waals surface area contributed by atoms with Gasteiger partial charge in [0.25, 0.3) is 11.8 Å². The topological polar surface area (TPSA) is 451 Å². The van der Waals surface area contributed by atoms with Gasteiger partial charge in [0, 0.05) is 91.9 Å². The fourth-order valence-corrected chi connectivity index (χ4v) is 12.6. The molecule has 0 spiro atoms. The van der Waals surface area contributed by atoms with Crippen LogP contribution in [0.1, 0.15) is 164 Å². The number of aryl methyl sites for hydroxylation is 4. The second-order valence-corrected chi connectivity index (χ2v) is 31.3. The molecule has 4 aliphatic rings. The molecule has 4 atom stereocenters. The SMILES string of the molecule is CN(C(=O)OC(C)(C)C)[C@@H]1CCN(c2cnc(C(=O)O)nc2)C1.CN[C@@H]1CCN(c2cnc(C(=O)Nc3cn4cc(C)nc4c(C)n3)nc2)C1.COC(=O)c1ncc(F)cn1.COC(=O)c1ncc(N2CC[C@@H](N(C)C(=O)OC(C)(C)C)C2)cn1.Cc1cn2cc(NC(=O)c3ncc(N4CC[C@@H](N(C)C(=O)OC(C)(C)C)C4)cn3)nc(C)c2n1. The lowest BCUT2D eigenvalue weighted by atomic mass is 10.2. The number of hydrogen-bond acceptors (Lipinski definition) is 32. The third kappa shape index (κ3) is 25.2. The van der Waals surface area contributed by atoms with Crippen LogP contribution >= 0.6 is 0 Å². The third-order valence-corrected chi connectivity index (χ3v) is 18.7. The van der Waals surface area contributed by atoms with Gasteiger partial charge in [0.05, 0.1) is 152 Å². The number of aromatic carboxylic acids is 1. The van der Waals surface area contributed by atoms with Gasteiger partial charge >= 0.3 is 36.2 Å². The van der Waals surface area contributed by atoms with Crippen molar-refractivity contribution < 1.29 is 71.5 Å². The summed E-state index contributed by atoms with van der Waals surface area (Å²) in [7, 11) is 9.69. The zero-order valence-corrected chi connectivity index (χ0v) is 70.3. The summed E-state index contributed by atoms with van der Waals surface area (Å²) in [6, 6.07) is 0.585. The number of halogens is 1. The number of carboxylic acid groups (broad SMARTS) is 1. The molecule has 0 radical (unpaired) electrons. The van der Waals surface area contributed by atoms with Crippen LogP contribution in [0.2, 0.25) is 0 Å². The molecule has 0 saturated carbocycles. The molecular weight excluding hydrogens is 1540 g/mol. The van der Waals surface area contributed by atoms with Crippen molar-refractivity contribution >= 4 is 93.7 Å². The highest BCUT2D eigenvalue weighted by Gasteiger charge is 2.36. The van der Waals surface area contributed by atoms with Gasteiger partial charge in [-0.25, -0.2) is 103 Å². The van der Waals surface area contributed by atoms with Crippen LogP contribution in [0.25, 0.3) is 11.3 Å². The second-order valence-electron chi connectivity index (χ2n) is 31.3. The van der Waals surface area contributed by atoms with Gasteiger partial charge in [-0.05, 0) is 123 Å². The Labute approximate surface area is 687 Å². The van der Waals surface area contributed by atoms with Gasteiger partial charge in [0.2, 0.25) is 29.1 Å². The normalized spacial score (nSPS) is 16.3. The van der Waals surface area contributed by atoms with Gasteiger partial charge < -0.3 is 87.8 Å². The fraction of sp³-hybridized carbons (Fsp3) is 0.487. The molecule has 13 rings (SSSR count). The van der Waals surface area contributed by atoms with Crippen molar-refractivity contribution in [1.29, 1.82) is 0 Å². The summed E-state index contributed by atoms with van der Waals surface area (Å²) in [4.78, 5) is 165. The van der Waals surface area contributed by atoms with E-state index in [1.54, 1.807) is 85.4 Å². The third-order valence-electron chi connectivity index (χ3n) is 18.7. The summed E-state index contributed by atoms with van der Waals surface area (Å²) in [5.41, 5.74) is 6.43. The Kier molecular flexibility index (Phi) is 29.6. The van der Waals surface area contributed by atoms with Crippen LogP contribution in [-0.4, -0.2) is 282 Å². The summed E-state index contributed by atoms with van der Waals surface area (Å²) >= 11 is 0. The van der Waals surface area contributed by atoms with Crippen molar-refractivity contribution in [2.24, 2.45) is 0 Å². The predicted octanol–water partition coefficient (Wildman–Crippen LogP) is 7.75. The Balaban J connectivity index is 0.000000175. The fourth-order valence-electron chi connectivity index (χ4n) is 12.6. The van der Waals surface area contributed by atoms with Crippen LogP contribution in [-0.2, 0) is 23.7 Å².